The first-order valence-corrected chi connectivity index (χ1v) is 10.3. The summed E-state index contributed by atoms with van der Waals surface area (Å²) in [5.41, 5.74) is 3.18. The summed E-state index contributed by atoms with van der Waals surface area (Å²) in [6.07, 6.45) is 3.73. The number of nitrogens with zero attached hydrogens (tertiary/aromatic N) is 2. The Morgan fingerprint density at radius 3 is 2.93 bits per heavy atom. The summed E-state index contributed by atoms with van der Waals surface area (Å²) in [6, 6.07) is 3.53. The van der Waals surface area contributed by atoms with Gasteiger partial charge in [0.2, 0.25) is 0 Å². The van der Waals surface area contributed by atoms with Crippen molar-refractivity contribution in [3.05, 3.63) is 57.2 Å². The van der Waals surface area contributed by atoms with Crippen molar-refractivity contribution >= 4 is 30.6 Å². The summed E-state index contributed by atoms with van der Waals surface area (Å²) in [5, 5.41) is 7.24. The van der Waals surface area contributed by atoms with Crippen LogP contribution >= 0.6 is 11.3 Å². The van der Waals surface area contributed by atoms with Crippen LogP contribution in [0.2, 0.25) is 0 Å². The highest BCUT2D eigenvalue weighted by Crippen LogP contribution is 2.34. The average molecular weight is 417 g/mol. The number of amides is 1. The lowest BCUT2D eigenvalue weighted by atomic mass is 9.93. The molecule has 3 heterocycles. The molecule has 1 amide bonds. The van der Waals surface area contributed by atoms with Gasteiger partial charge in [0.1, 0.15) is 7.85 Å². The highest BCUT2D eigenvalue weighted by Gasteiger charge is 2.23. The molecule has 29 heavy (non-hydrogen) atoms. The number of aryl methyl sites for hydroxylation is 2. The van der Waals surface area contributed by atoms with E-state index in [1.54, 1.807) is 6.92 Å². The summed E-state index contributed by atoms with van der Waals surface area (Å²) >= 11 is 1.45. The van der Waals surface area contributed by atoms with Gasteiger partial charge in [-0.25, -0.2) is 13.2 Å². The lowest BCUT2D eigenvalue weighted by molar-refractivity contribution is 0.0944. The predicted molar refractivity (Wildman–Crippen MR) is 109 cm³/mol. The van der Waals surface area contributed by atoms with Gasteiger partial charge in [-0.1, -0.05) is 6.07 Å². The van der Waals surface area contributed by atoms with Gasteiger partial charge in [0, 0.05) is 29.2 Å². The highest BCUT2D eigenvalue weighted by atomic mass is 32.1. The van der Waals surface area contributed by atoms with E-state index >= 15 is 0 Å². The van der Waals surface area contributed by atoms with Crippen molar-refractivity contribution in [1.82, 2.24) is 15.1 Å². The normalized spacial score (nSPS) is 14.1. The largest absolute Gasteiger partial charge is 0.349 e. The standard InChI is InChI=1S/C20H19BF3N3OS/c1-10(7-11-4-5-14(22)18(24)17(11)23)26-20(28)16-8-12-15(29-16)3-2-6-27-19(12)13(21)9-25-27/h4-5,8-10H,2-3,6-7,21H2,1H3,(H,26,28). The van der Waals surface area contributed by atoms with E-state index in [1.807, 2.05) is 24.8 Å². The van der Waals surface area contributed by atoms with E-state index in [0.29, 0.717) is 4.88 Å². The van der Waals surface area contributed by atoms with E-state index in [2.05, 4.69) is 10.4 Å². The lowest BCUT2D eigenvalue weighted by Crippen LogP contribution is -2.34. The van der Waals surface area contributed by atoms with Gasteiger partial charge in [0.05, 0.1) is 10.6 Å². The molecular formula is C20H19BF3N3OS. The third-order valence-electron chi connectivity index (χ3n) is 5.10. The molecule has 1 aliphatic rings. The third-order valence-corrected chi connectivity index (χ3v) is 6.30. The van der Waals surface area contributed by atoms with Crippen molar-refractivity contribution in [2.45, 2.75) is 38.8 Å². The Hall–Kier alpha value is -2.55. The van der Waals surface area contributed by atoms with Gasteiger partial charge >= 0.3 is 0 Å². The molecule has 3 aromatic rings. The van der Waals surface area contributed by atoms with Crippen LogP contribution in [0.25, 0.3) is 11.3 Å². The van der Waals surface area contributed by atoms with Crippen LogP contribution in [0.15, 0.2) is 24.4 Å². The Labute approximate surface area is 171 Å². The Morgan fingerprint density at radius 2 is 2.14 bits per heavy atom. The fourth-order valence-corrected chi connectivity index (χ4v) is 4.82. The molecule has 1 aliphatic heterocycles. The highest BCUT2D eigenvalue weighted by molar-refractivity contribution is 7.14. The minimum atomic E-state index is -1.49. The van der Waals surface area contributed by atoms with Gasteiger partial charge in [-0.05, 0) is 49.3 Å². The predicted octanol–water partition coefficient (Wildman–Crippen LogP) is 2.59. The Kier molecular flexibility index (Phi) is 5.25. The number of aromatic nitrogens is 2. The fraction of sp³-hybridized carbons (Fsp3) is 0.300. The van der Waals surface area contributed by atoms with Crippen LogP contribution < -0.4 is 10.8 Å². The van der Waals surface area contributed by atoms with Crippen LogP contribution in [0.4, 0.5) is 13.2 Å². The van der Waals surface area contributed by atoms with Crippen molar-refractivity contribution in [2.24, 2.45) is 0 Å². The number of halogens is 3. The second-order valence-corrected chi connectivity index (χ2v) is 8.50. The second kappa shape index (κ2) is 7.70. The van der Waals surface area contributed by atoms with E-state index in [4.69, 9.17) is 0 Å². The van der Waals surface area contributed by atoms with Gasteiger partial charge in [0.15, 0.2) is 17.5 Å². The maximum absolute atomic E-state index is 13.9. The van der Waals surface area contributed by atoms with Crippen molar-refractivity contribution in [3.8, 4) is 11.3 Å². The first-order chi connectivity index (χ1) is 13.8. The lowest BCUT2D eigenvalue weighted by Gasteiger charge is -2.14. The fourth-order valence-electron chi connectivity index (χ4n) is 3.72. The van der Waals surface area contributed by atoms with Crippen LogP contribution in [0.1, 0.15) is 33.5 Å². The zero-order valence-electron chi connectivity index (χ0n) is 16.1. The zero-order chi connectivity index (χ0) is 20.7. The monoisotopic (exact) mass is 417 g/mol. The second-order valence-electron chi connectivity index (χ2n) is 7.36. The van der Waals surface area contributed by atoms with Gasteiger partial charge in [-0.3, -0.25) is 9.48 Å². The molecule has 0 spiro atoms. The number of carbonyl (C=O) groups is 1. The molecule has 1 aromatic carbocycles. The topological polar surface area (TPSA) is 46.9 Å². The minimum Gasteiger partial charge on any atom is -0.349 e. The summed E-state index contributed by atoms with van der Waals surface area (Å²) in [4.78, 5) is 14.5. The minimum absolute atomic E-state index is 0.0261. The van der Waals surface area contributed by atoms with Crippen LogP contribution in [-0.4, -0.2) is 29.6 Å². The number of hydrogen-bond acceptors (Lipinski definition) is 3. The van der Waals surface area contributed by atoms with E-state index in [0.717, 1.165) is 47.1 Å². The summed E-state index contributed by atoms with van der Waals surface area (Å²) < 4.78 is 42.4. The molecule has 4 nitrogen and oxygen atoms in total. The van der Waals surface area contributed by atoms with E-state index in [1.165, 1.54) is 17.4 Å². The molecule has 0 saturated carbocycles. The van der Waals surface area contributed by atoms with Crippen molar-refractivity contribution < 1.29 is 18.0 Å². The maximum atomic E-state index is 13.9. The third kappa shape index (κ3) is 3.71. The molecule has 1 N–H and O–H groups in total. The van der Waals surface area contributed by atoms with Crippen LogP contribution in [0.5, 0.6) is 0 Å². The SMILES string of the molecule is Bc1cnn2c1-c1cc(C(=O)NC(C)Cc3ccc(F)c(F)c3F)sc1CCC2. The first kappa shape index (κ1) is 19.8. The molecular weight excluding hydrogens is 398 g/mol. The van der Waals surface area contributed by atoms with E-state index in [9.17, 15) is 18.0 Å². The first-order valence-electron chi connectivity index (χ1n) is 9.44. The van der Waals surface area contributed by atoms with Crippen molar-refractivity contribution in [1.29, 1.82) is 0 Å². The summed E-state index contributed by atoms with van der Waals surface area (Å²) in [6.45, 7) is 2.55. The molecule has 0 aliphatic carbocycles. The smallest absolute Gasteiger partial charge is 0.261 e. The van der Waals surface area contributed by atoms with E-state index < -0.39 is 23.5 Å². The molecule has 1 atom stereocenters. The molecule has 1 unspecified atom stereocenters. The van der Waals surface area contributed by atoms with Gasteiger partial charge in [-0.2, -0.15) is 5.10 Å². The Bertz CT molecular complexity index is 1100. The van der Waals surface area contributed by atoms with Crippen LogP contribution in [0, 0.1) is 17.5 Å². The number of hydrogen-bond donors (Lipinski definition) is 1. The molecule has 2 aromatic heterocycles. The molecule has 0 fully saturated rings. The summed E-state index contributed by atoms with van der Waals surface area (Å²) in [7, 11) is 2.00. The molecule has 9 heteroatoms. The molecule has 4 rings (SSSR count). The molecule has 0 radical (unpaired) electrons. The Balaban J connectivity index is 1.52. The quantitative estimate of drug-likeness (QED) is 0.524. The number of carbonyl (C=O) groups excluding carboxylic acids is 1. The Morgan fingerprint density at radius 1 is 1.34 bits per heavy atom. The molecule has 0 saturated heterocycles. The number of benzene rings is 1. The number of rotatable bonds is 4. The number of nitrogens with one attached hydrogen (secondary N) is 1. The van der Waals surface area contributed by atoms with Gasteiger partial charge in [0.25, 0.3) is 5.91 Å². The van der Waals surface area contributed by atoms with Crippen LogP contribution in [0.3, 0.4) is 0 Å². The molecule has 150 valence electrons. The van der Waals surface area contributed by atoms with E-state index in [-0.39, 0.29) is 17.9 Å². The van der Waals surface area contributed by atoms with Crippen molar-refractivity contribution in [2.75, 3.05) is 0 Å². The number of thiophene rings is 1. The van der Waals surface area contributed by atoms with Crippen LogP contribution in [-0.2, 0) is 19.4 Å². The summed E-state index contributed by atoms with van der Waals surface area (Å²) in [5.74, 6) is -4.19. The average Bonchev–Trinajstić information content (AvgIpc) is 3.21. The van der Waals surface area contributed by atoms with Gasteiger partial charge < -0.3 is 5.32 Å². The zero-order valence-corrected chi connectivity index (χ0v) is 16.9. The van der Waals surface area contributed by atoms with Crippen molar-refractivity contribution in [3.63, 3.8) is 0 Å². The maximum Gasteiger partial charge on any atom is 0.261 e. The molecule has 0 bridgehead atoms. The number of fused-ring (bicyclic) bond motifs is 3. The van der Waals surface area contributed by atoms with Gasteiger partial charge in [-0.15, -0.1) is 11.3 Å².